The van der Waals surface area contributed by atoms with Crippen LogP contribution in [0.25, 0.3) is 0 Å². The minimum absolute atomic E-state index is 0.775. The molecule has 0 bridgehead atoms. The standard InChI is InChI=1S/C20H31N3O/c1-24-20-7-3-2-6-19(20)23-13-11-22(12-14-23)18-5-4-10-21(16-18)15-17-8-9-17/h2-3,6-7,17-18H,4-5,8-16H2,1H3. The molecule has 0 N–H and O–H groups in total. The van der Waals surface area contributed by atoms with Crippen molar-refractivity contribution in [1.29, 1.82) is 0 Å². The summed E-state index contributed by atoms with van der Waals surface area (Å²) in [6.45, 7) is 8.57. The second-order valence-electron chi connectivity index (χ2n) is 7.69. The van der Waals surface area contributed by atoms with Crippen LogP contribution in [-0.4, -0.2) is 68.8 Å². The molecule has 4 heteroatoms. The molecule has 1 aromatic carbocycles. The van der Waals surface area contributed by atoms with Crippen molar-refractivity contribution < 1.29 is 4.74 Å². The van der Waals surface area contributed by atoms with Crippen LogP contribution in [0.2, 0.25) is 0 Å². The van der Waals surface area contributed by atoms with Gasteiger partial charge in [0.25, 0.3) is 0 Å². The maximum atomic E-state index is 5.54. The maximum Gasteiger partial charge on any atom is 0.142 e. The number of nitrogens with zero attached hydrogens (tertiary/aromatic N) is 3. The highest BCUT2D eigenvalue weighted by molar-refractivity contribution is 5.58. The van der Waals surface area contributed by atoms with Crippen LogP contribution < -0.4 is 9.64 Å². The Kier molecular flexibility index (Phi) is 4.95. The van der Waals surface area contributed by atoms with Crippen molar-refractivity contribution in [2.75, 3.05) is 57.8 Å². The molecule has 0 spiro atoms. The molecule has 0 amide bonds. The fourth-order valence-electron chi connectivity index (χ4n) is 4.38. The summed E-state index contributed by atoms with van der Waals surface area (Å²) >= 11 is 0. The molecule has 1 aliphatic carbocycles. The Balaban J connectivity index is 1.32. The summed E-state index contributed by atoms with van der Waals surface area (Å²) in [6, 6.07) is 9.19. The second-order valence-corrected chi connectivity index (χ2v) is 7.69. The average Bonchev–Trinajstić information content (AvgIpc) is 3.46. The minimum atomic E-state index is 0.775. The third-order valence-corrected chi connectivity index (χ3v) is 5.95. The van der Waals surface area contributed by atoms with Crippen molar-refractivity contribution in [2.45, 2.75) is 31.7 Å². The van der Waals surface area contributed by atoms with Crippen molar-refractivity contribution >= 4 is 5.69 Å². The highest BCUT2D eigenvalue weighted by Crippen LogP contribution is 2.32. The number of piperidine rings is 1. The molecule has 2 heterocycles. The van der Waals surface area contributed by atoms with Crippen LogP contribution >= 0.6 is 0 Å². The van der Waals surface area contributed by atoms with E-state index < -0.39 is 0 Å². The van der Waals surface area contributed by atoms with Crippen LogP contribution in [0.15, 0.2) is 24.3 Å². The van der Waals surface area contributed by atoms with Gasteiger partial charge in [-0.2, -0.15) is 0 Å². The van der Waals surface area contributed by atoms with Gasteiger partial charge < -0.3 is 14.5 Å². The Labute approximate surface area is 146 Å². The molecule has 4 nitrogen and oxygen atoms in total. The number of anilines is 1. The molecule has 1 aromatic rings. The number of methoxy groups -OCH3 is 1. The van der Waals surface area contributed by atoms with E-state index in [1.807, 2.05) is 0 Å². The van der Waals surface area contributed by atoms with E-state index in [0.717, 1.165) is 30.8 Å². The third kappa shape index (κ3) is 3.70. The van der Waals surface area contributed by atoms with E-state index in [9.17, 15) is 0 Å². The van der Waals surface area contributed by atoms with Crippen LogP contribution in [0.1, 0.15) is 25.7 Å². The Morgan fingerprint density at radius 1 is 1.00 bits per heavy atom. The van der Waals surface area contributed by atoms with Crippen molar-refractivity contribution in [3.63, 3.8) is 0 Å². The van der Waals surface area contributed by atoms with Gasteiger partial charge in [0.1, 0.15) is 5.75 Å². The van der Waals surface area contributed by atoms with Crippen LogP contribution in [0.5, 0.6) is 5.75 Å². The molecule has 132 valence electrons. The smallest absolute Gasteiger partial charge is 0.142 e. The zero-order chi connectivity index (χ0) is 16.4. The fourth-order valence-corrected chi connectivity index (χ4v) is 4.38. The normalized spacial score (nSPS) is 26.5. The average molecular weight is 329 g/mol. The topological polar surface area (TPSA) is 19.0 Å². The molecule has 24 heavy (non-hydrogen) atoms. The van der Waals surface area contributed by atoms with Crippen LogP contribution in [0.3, 0.4) is 0 Å². The van der Waals surface area contributed by atoms with E-state index in [1.54, 1.807) is 7.11 Å². The predicted molar refractivity (Wildman–Crippen MR) is 99.0 cm³/mol. The molecule has 2 saturated heterocycles. The number of rotatable bonds is 5. The van der Waals surface area contributed by atoms with Gasteiger partial charge in [0, 0.05) is 45.3 Å². The zero-order valence-electron chi connectivity index (χ0n) is 15.0. The molecule has 1 saturated carbocycles. The fraction of sp³-hybridized carbons (Fsp3) is 0.700. The van der Waals surface area contributed by atoms with E-state index in [2.05, 4.69) is 39.0 Å². The van der Waals surface area contributed by atoms with Gasteiger partial charge in [0.2, 0.25) is 0 Å². The van der Waals surface area contributed by atoms with Crippen LogP contribution in [0.4, 0.5) is 5.69 Å². The van der Waals surface area contributed by atoms with Crippen LogP contribution in [0, 0.1) is 5.92 Å². The van der Waals surface area contributed by atoms with E-state index in [1.165, 1.54) is 64.1 Å². The van der Waals surface area contributed by atoms with Gasteiger partial charge in [-0.25, -0.2) is 0 Å². The number of benzene rings is 1. The second kappa shape index (κ2) is 7.32. The first-order valence-electron chi connectivity index (χ1n) is 9.68. The highest BCUT2D eigenvalue weighted by atomic mass is 16.5. The summed E-state index contributed by atoms with van der Waals surface area (Å²) in [5, 5.41) is 0. The maximum absolute atomic E-state index is 5.54. The van der Waals surface area contributed by atoms with Crippen molar-refractivity contribution in [3.05, 3.63) is 24.3 Å². The summed E-state index contributed by atoms with van der Waals surface area (Å²) in [4.78, 5) is 7.96. The van der Waals surface area contributed by atoms with Crippen molar-refractivity contribution in [2.24, 2.45) is 5.92 Å². The van der Waals surface area contributed by atoms with Gasteiger partial charge in [0.05, 0.1) is 12.8 Å². The van der Waals surface area contributed by atoms with Crippen molar-refractivity contribution in [1.82, 2.24) is 9.80 Å². The number of hydrogen-bond donors (Lipinski definition) is 0. The monoisotopic (exact) mass is 329 g/mol. The van der Waals surface area contributed by atoms with Gasteiger partial charge in [-0.1, -0.05) is 12.1 Å². The van der Waals surface area contributed by atoms with E-state index in [4.69, 9.17) is 4.74 Å². The predicted octanol–water partition coefficient (Wildman–Crippen LogP) is 2.69. The van der Waals surface area contributed by atoms with Gasteiger partial charge in [-0.3, -0.25) is 4.90 Å². The number of ether oxygens (including phenoxy) is 1. The van der Waals surface area contributed by atoms with Gasteiger partial charge >= 0.3 is 0 Å². The summed E-state index contributed by atoms with van der Waals surface area (Å²) in [6.07, 6.45) is 5.71. The molecular formula is C20H31N3O. The molecule has 3 fully saturated rings. The number of hydrogen-bond acceptors (Lipinski definition) is 4. The number of piperazine rings is 1. The lowest BCUT2D eigenvalue weighted by Crippen LogP contribution is -2.55. The number of likely N-dealkylation sites (tertiary alicyclic amines) is 1. The first-order chi connectivity index (χ1) is 11.8. The van der Waals surface area contributed by atoms with E-state index >= 15 is 0 Å². The lowest BCUT2D eigenvalue weighted by Gasteiger charge is -2.44. The molecule has 1 atom stereocenters. The molecule has 3 aliphatic rings. The van der Waals surface area contributed by atoms with Gasteiger partial charge in [-0.15, -0.1) is 0 Å². The molecular weight excluding hydrogens is 298 g/mol. The SMILES string of the molecule is COc1ccccc1N1CCN(C2CCCN(CC3CC3)C2)CC1. The Morgan fingerprint density at radius 2 is 1.79 bits per heavy atom. The van der Waals surface area contributed by atoms with Crippen LogP contribution in [-0.2, 0) is 0 Å². The molecule has 1 unspecified atom stereocenters. The molecule has 2 aliphatic heterocycles. The molecule has 0 radical (unpaired) electrons. The Morgan fingerprint density at radius 3 is 2.54 bits per heavy atom. The van der Waals surface area contributed by atoms with Gasteiger partial charge in [-0.05, 0) is 50.3 Å². The summed E-state index contributed by atoms with van der Waals surface area (Å²) in [7, 11) is 1.77. The largest absolute Gasteiger partial charge is 0.495 e. The highest BCUT2D eigenvalue weighted by Gasteiger charge is 2.31. The first-order valence-corrected chi connectivity index (χ1v) is 9.68. The Hall–Kier alpha value is -1.26. The lowest BCUT2D eigenvalue weighted by atomic mass is 10.0. The van der Waals surface area contributed by atoms with E-state index in [-0.39, 0.29) is 0 Å². The summed E-state index contributed by atoms with van der Waals surface area (Å²) < 4.78 is 5.54. The zero-order valence-corrected chi connectivity index (χ0v) is 15.0. The van der Waals surface area contributed by atoms with Crippen molar-refractivity contribution in [3.8, 4) is 5.75 Å². The third-order valence-electron chi connectivity index (χ3n) is 5.95. The van der Waals surface area contributed by atoms with E-state index in [0.29, 0.717) is 0 Å². The summed E-state index contributed by atoms with van der Waals surface area (Å²) in [5.74, 6) is 2.02. The summed E-state index contributed by atoms with van der Waals surface area (Å²) in [5.41, 5.74) is 1.25. The minimum Gasteiger partial charge on any atom is -0.495 e. The molecule has 4 rings (SSSR count). The first kappa shape index (κ1) is 16.2. The number of para-hydroxylation sites is 2. The lowest BCUT2D eigenvalue weighted by molar-refractivity contribution is 0.0900. The Bertz CT molecular complexity index is 537. The quantitative estimate of drug-likeness (QED) is 0.827. The van der Waals surface area contributed by atoms with Gasteiger partial charge in [0.15, 0.2) is 0 Å². The molecule has 0 aromatic heterocycles.